The largest absolute Gasteiger partial charge is 0.479 e. The molecular weight excluding hydrogens is 358 g/mol. The van der Waals surface area contributed by atoms with Crippen molar-refractivity contribution in [2.75, 3.05) is 21.6 Å². The van der Waals surface area contributed by atoms with Crippen LogP contribution < -0.4 is 20.1 Å². The van der Waals surface area contributed by atoms with E-state index in [1.54, 1.807) is 43.3 Å². The molecule has 0 saturated carbocycles. The lowest BCUT2D eigenvalue weighted by atomic mass is 10.1. The van der Waals surface area contributed by atoms with Crippen molar-refractivity contribution in [3.8, 4) is 5.75 Å². The Kier molecular flexibility index (Phi) is 4.56. The van der Waals surface area contributed by atoms with E-state index in [2.05, 4.69) is 15.4 Å². The van der Waals surface area contributed by atoms with Gasteiger partial charge in [0.25, 0.3) is 11.8 Å². The van der Waals surface area contributed by atoms with Crippen LogP contribution in [0.15, 0.2) is 42.5 Å². The maximum atomic E-state index is 12.4. The van der Waals surface area contributed by atoms with Crippen LogP contribution in [0, 0.1) is 0 Å². The third-order valence-corrected chi connectivity index (χ3v) is 4.20. The van der Waals surface area contributed by atoms with Crippen molar-refractivity contribution in [3.05, 3.63) is 48.0 Å². The van der Waals surface area contributed by atoms with E-state index >= 15 is 0 Å². The second-order valence-corrected chi connectivity index (χ2v) is 7.62. The Morgan fingerprint density at radius 3 is 2.65 bits per heavy atom. The van der Waals surface area contributed by atoms with Gasteiger partial charge in [0.15, 0.2) is 6.10 Å². The summed E-state index contributed by atoms with van der Waals surface area (Å²) in [5.41, 5.74) is 1.51. The lowest BCUT2D eigenvalue weighted by Gasteiger charge is -2.23. The SMILES string of the molecule is C[C@H]1Oc2ccc(NC(=O)c3cccc(NS(C)(=O)=O)c3)cc2NC1=O. The first-order valence-corrected chi connectivity index (χ1v) is 9.61. The molecule has 2 aromatic carbocycles. The average molecular weight is 375 g/mol. The fraction of sp³-hybridized carbons (Fsp3) is 0.176. The molecule has 0 fully saturated rings. The zero-order valence-corrected chi connectivity index (χ0v) is 14.9. The Morgan fingerprint density at radius 1 is 1.15 bits per heavy atom. The molecule has 0 bridgehead atoms. The van der Waals surface area contributed by atoms with Gasteiger partial charge in [-0.2, -0.15) is 0 Å². The lowest BCUT2D eigenvalue weighted by Crippen LogP contribution is -2.34. The standard InChI is InChI=1S/C17H17N3O5S/c1-10-16(21)19-14-9-12(6-7-15(14)25-10)18-17(22)11-4-3-5-13(8-11)20-26(2,23)24/h3-10,20H,1-2H3,(H,18,22)(H,19,21)/t10-/m1/s1. The fourth-order valence-electron chi connectivity index (χ4n) is 2.43. The number of ether oxygens (including phenoxy) is 1. The molecule has 1 aliphatic heterocycles. The van der Waals surface area contributed by atoms with Gasteiger partial charge >= 0.3 is 0 Å². The van der Waals surface area contributed by atoms with Crippen molar-refractivity contribution in [2.24, 2.45) is 0 Å². The first kappa shape index (κ1) is 17.7. The van der Waals surface area contributed by atoms with Crippen molar-refractivity contribution in [3.63, 3.8) is 0 Å². The number of sulfonamides is 1. The number of rotatable bonds is 4. The Balaban J connectivity index is 1.77. The number of hydrogen-bond acceptors (Lipinski definition) is 5. The normalized spacial score (nSPS) is 16.1. The number of carbonyl (C=O) groups excluding carboxylic acids is 2. The van der Waals surface area contributed by atoms with E-state index in [0.717, 1.165) is 6.26 Å². The van der Waals surface area contributed by atoms with Crippen LogP contribution in [0.4, 0.5) is 17.1 Å². The number of benzene rings is 2. The summed E-state index contributed by atoms with van der Waals surface area (Å²) in [5, 5.41) is 5.41. The van der Waals surface area contributed by atoms with Crippen LogP contribution in [0.1, 0.15) is 17.3 Å². The van der Waals surface area contributed by atoms with Gasteiger partial charge in [0, 0.05) is 16.9 Å². The molecule has 0 spiro atoms. The van der Waals surface area contributed by atoms with Gasteiger partial charge in [-0.15, -0.1) is 0 Å². The predicted octanol–water partition coefficient (Wildman–Crippen LogP) is 2.03. The number of carbonyl (C=O) groups is 2. The Labute approximate surface area is 150 Å². The molecule has 136 valence electrons. The Hall–Kier alpha value is -3.07. The summed E-state index contributed by atoms with van der Waals surface area (Å²) in [7, 11) is -3.43. The molecule has 3 rings (SSSR count). The van der Waals surface area contributed by atoms with E-state index in [0.29, 0.717) is 22.8 Å². The molecule has 1 atom stereocenters. The van der Waals surface area contributed by atoms with E-state index in [1.807, 2.05) is 0 Å². The number of anilines is 3. The van der Waals surface area contributed by atoms with E-state index in [-0.39, 0.29) is 11.5 Å². The zero-order chi connectivity index (χ0) is 18.9. The second-order valence-electron chi connectivity index (χ2n) is 5.87. The molecule has 26 heavy (non-hydrogen) atoms. The van der Waals surface area contributed by atoms with Crippen LogP contribution >= 0.6 is 0 Å². The molecule has 2 amide bonds. The monoisotopic (exact) mass is 375 g/mol. The molecule has 3 N–H and O–H groups in total. The molecule has 8 nitrogen and oxygen atoms in total. The van der Waals surface area contributed by atoms with Gasteiger partial charge < -0.3 is 15.4 Å². The van der Waals surface area contributed by atoms with Crippen LogP contribution in [0.25, 0.3) is 0 Å². The lowest BCUT2D eigenvalue weighted by molar-refractivity contribution is -0.122. The summed E-state index contributed by atoms with van der Waals surface area (Å²) in [5.74, 6) is -0.159. The van der Waals surface area contributed by atoms with Crippen LogP contribution in [0.3, 0.4) is 0 Å². The van der Waals surface area contributed by atoms with Crippen molar-refractivity contribution >= 4 is 38.9 Å². The summed E-state index contributed by atoms with van der Waals surface area (Å²) < 4.78 is 30.4. The van der Waals surface area contributed by atoms with Crippen LogP contribution in [-0.2, 0) is 14.8 Å². The van der Waals surface area contributed by atoms with E-state index in [1.165, 1.54) is 6.07 Å². The summed E-state index contributed by atoms with van der Waals surface area (Å²) in [6.07, 6.45) is 0.456. The van der Waals surface area contributed by atoms with Crippen molar-refractivity contribution in [2.45, 2.75) is 13.0 Å². The first-order valence-electron chi connectivity index (χ1n) is 7.72. The minimum absolute atomic E-state index is 0.263. The Morgan fingerprint density at radius 2 is 1.92 bits per heavy atom. The topological polar surface area (TPSA) is 114 Å². The van der Waals surface area contributed by atoms with Gasteiger partial charge in [0.2, 0.25) is 10.0 Å². The van der Waals surface area contributed by atoms with Gasteiger partial charge in [-0.3, -0.25) is 14.3 Å². The highest BCUT2D eigenvalue weighted by atomic mass is 32.2. The average Bonchev–Trinajstić information content (AvgIpc) is 2.55. The van der Waals surface area contributed by atoms with Gasteiger partial charge in [-0.05, 0) is 43.3 Å². The fourth-order valence-corrected chi connectivity index (χ4v) is 2.98. The van der Waals surface area contributed by atoms with Crippen molar-refractivity contribution < 1.29 is 22.7 Å². The van der Waals surface area contributed by atoms with Gasteiger partial charge in [-0.25, -0.2) is 8.42 Å². The van der Waals surface area contributed by atoms with Gasteiger partial charge in [0.05, 0.1) is 11.9 Å². The summed E-state index contributed by atoms with van der Waals surface area (Å²) in [6.45, 7) is 1.64. The van der Waals surface area contributed by atoms with Gasteiger partial charge in [0.1, 0.15) is 5.75 Å². The smallest absolute Gasteiger partial charge is 0.265 e. The first-order chi connectivity index (χ1) is 12.2. The third kappa shape index (κ3) is 4.12. The Bertz CT molecular complexity index is 988. The van der Waals surface area contributed by atoms with Crippen LogP contribution in [0.5, 0.6) is 5.75 Å². The minimum Gasteiger partial charge on any atom is -0.479 e. The summed E-state index contributed by atoms with van der Waals surface area (Å²) in [4.78, 5) is 24.1. The second kappa shape index (κ2) is 6.68. The maximum absolute atomic E-state index is 12.4. The highest BCUT2D eigenvalue weighted by Crippen LogP contribution is 2.32. The molecule has 0 aliphatic carbocycles. The molecule has 1 aliphatic rings. The number of nitrogens with one attached hydrogen (secondary N) is 3. The van der Waals surface area contributed by atoms with E-state index < -0.39 is 22.0 Å². The van der Waals surface area contributed by atoms with Crippen LogP contribution in [0.2, 0.25) is 0 Å². The predicted molar refractivity (Wildman–Crippen MR) is 98.0 cm³/mol. The number of fused-ring (bicyclic) bond motifs is 1. The van der Waals surface area contributed by atoms with Crippen molar-refractivity contribution in [1.82, 2.24) is 0 Å². The number of hydrogen-bond donors (Lipinski definition) is 3. The quantitative estimate of drug-likeness (QED) is 0.757. The maximum Gasteiger partial charge on any atom is 0.265 e. The zero-order valence-electron chi connectivity index (χ0n) is 14.1. The van der Waals surface area contributed by atoms with E-state index in [4.69, 9.17) is 4.74 Å². The molecule has 0 aromatic heterocycles. The van der Waals surface area contributed by atoms with Crippen molar-refractivity contribution in [1.29, 1.82) is 0 Å². The highest BCUT2D eigenvalue weighted by Gasteiger charge is 2.23. The third-order valence-electron chi connectivity index (χ3n) is 3.60. The highest BCUT2D eigenvalue weighted by molar-refractivity contribution is 7.92. The summed E-state index contributed by atoms with van der Waals surface area (Å²) in [6, 6.07) is 11.0. The summed E-state index contributed by atoms with van der Waals surface area (Å²) >= 11 is 0. The van der Waals surface area contributed by atoms with E-state index in [9.17, 15) is 18.0 Å². The molecule has 0 saturated heterocycles. The molecular formula is C17H17N3O5S. The molecule has 0 unspecified atom stereocenters. The molecule has 9 heteroatoms. The molecule has 0 radical (unpaired) electrons. The van der Waals surface area contributed by atoms with Crippen LogP contribution in [-0.4, -0.2) is 32.6 Å². The molecule has 2 aromatic rings. The van der Waals surface area contributed by atoms with Gasteiger partial charge in [-0.1, -0.05) is 6.07 Å². The molecule has 1 heterocycles. The number of amides is 2. The minimum atomic E-state index is -3.43.